The Hall–Kier alpha value is -0.920. The first kappa shape index (κ1) is 9.17. The Kier molecular flexibility index (Phi) is 2.79. The van der Waals surface area contributed by atoms with Crippen LogP contribution in [-0.4, -0.2) is 4.21 Å². The van der Waals surface area contributed by atoms with Crippen LogP contribution in [0.15, 0.2) is 23.1 Å². The monoisotopic (exact) mass is 203 g/mol. The van der Waals surface area contributed by atoms with E-state index in [1.165, 1.54) is 12.1 Å². The fourth-order valence-electron chi connectivity index (χ4n) is 0.690. The quantitative estimate of drug-likeness (QED) is 0.655. The maximum absolute atomic E-state index is 12.7. The second-order valence-electron chi connectivity index (χ2n) is 1.98. The minimum Gasteiger partial charge on any atom is -0.237 e. The Morgan fingerprint density at radius 1 is 1.58 bits per heavy atom. The molecule has 0 aliphatic carbocycles. The maximum atomic E-state index is 12.7. The van der Waals surface area contributed by atoms with Crippen molar-refractivity contribution in [2.75, 3.05) is 0 Å². The number of nitriles is 1. The van der Waals surface area contributed by atoms with Gasteiger partial charge in [-0.25, -0.2) is 8.60 Å². The third-order valence-corrected chi connectivity index (χ3v) is 2.40. The Morgan fingerprint density at radius 2 is 2.25 bits per heavy atom. The normalized spacial score (nSPS) is 12.1. The van der Waals surface area contributed by atoms with Gasteiger partial charge in [0, 0.05) is 0 Å². The Labute approximate surface area is 75.5 Å². The van der Waals surface area contributed by atoms with Crippen molar-refractivity contribution < 1.29 is 8.60 Å². The summed E-state index contributed by atoms with van der Waals surface area (Å²) in [7, 11) is 3.53. The summed E-state index contributed by atoms with van der Waals surface area (Å²) in [6.07, 6.45) is 0. The van der Waals surface area contributed by atoms with E-state index in [-0.39, 0.29) is 10.5 Å². The molecule has 62 valence electrons. The Morgan fingerprint density at radius 3 is 2.75 bits per heavy atom. The highest BCUT2D eigenvalue weighted by molar-refractivity contribution is 8.08. The molecule has 0 heterocycles. The van der Waals surface area contributed by atoms with Gasteiger partial charge in [0.1, 0.15) is 21.9 Å². The largest absolute Gasteiger partial charge is 0.237 e. The van der Waals surface area contributed by atoms with Gasteiger partial charge in [0.2, 0.25) is 0 Å². The molecule has 1 aromatic carbocycles. The number of nitrogens with zero attached hydrogens (tertiary/aromatic N) is 1. The smallest absolute Gasteiger partial charge is 0.147 e. The number of hydrogen-bond donors (Lipinski definition) is 0. The molecule has 12 heavy (non-hydrogen) atoms. The van der Waals surface area contributed by atoms with Crippen LogP contribution in [0.1, 0.15) is 5.56 Å². The van der Waals surface area contributed by atoms with Crippen molar-refractivity contribution in [1.82, 2.24) is 0 Å². The van der Waals surface area contributed by atoms with Crippen molar-refractivity contribution in [2.24, 2.45) is 0 Å². The van der Waals surface area contributed by atoms with Crippen LogP contribution in [0.4, 0.5) is 4.39 Å². The van der Waals surface area contributed by atoms with Crippen LogP contribution in [0.2, 0.25) is 0 Å². The van der Waals surface area contributed by atoms with E-state index in [0.29, 0.717) is 0 Å². The average molecular weight is 204 g/mol. The lowest BCUT2D eigenvalue weighted by Gasteiger charge is -1.95. The number of benzene rings is 1. The van der Waals surface area contributed by atoms with Crippen LogP contribution in [0.5, 0.6) is 0 Å². The van der Waals surface area contributed by atoms with Crippen LogP contribution in [0.25, 0.3) is 0 Å². The lowest BCUT2D eigenvalue weighted by Crippen LogP contribution is -1.87. The van der Waals surface area contributed by atoms with E-state index in [2.05, 4.69) is 0 Å². The number of halogens is 2. The Bertz CT molecular complexity index is 374. The van der Waals surface area contributed by atoms with Crippen LogP contribution >= 0.6 is 10.7 Å². The zero-order valence-electron chi connectivity index (χ0n) is 5.75. The maximum Gasteiger partial charge on any atom is 0.147 e. The molecule has 0 saturated carbocycles. The third kappa shape index (κ3) is 1.81. The van der Waals surface area contributed by atoms with Gasteiger partial charge in [0.25, 0.3) is 0 Å². The number of rotatable bonds is 1. The standard InChI is InChI=1S/C7H3ClFNOS/c8-12(11)6-1-2-7(9)5(3-6)4-10/h1-3H. The molecule has 0 bridgehead atoms. The molecule has 0 aliphatic heterocycles. The minimum absolute atomic E-state index is 0.151. The minimum atomic E-state index is -1.69. The molecule has 1 aromatic rings. The van der Waals surface area contributed by atoms with Gasteiger partial charge < -0.3 is 0 Å². The van der Waals surface area contributed by atoms with E-state index in [0.717, 1.165) is 6.07 Å². The van der Waals surface area contributed by atoms with Gasteiger partial charge in [-0.3, -0.25) is 0 Å². The van der Waals surface area contributed by atoms with E-state index in [1.54, 1.807) is 6.07 Å². The molecule has 0 amide bonds. The molecule has 1 unspecified atom stereocenters. The lowest BCUT2D eigenvalue weighted by molar-refractivity contribution is 0.622. The van der Waals surface area contributed by atoms with Crippen molar-refractivity contribution in [2.45, 2.75) is 4.90 Å². The first-order chi connectivity index (χ1) is 5.65. The van der Waals surface area contributed by atoms with Gasteiger partial charge >= 0.3 is 0 Å². The third-order valence-electron chi connectivity index (χ3n) is 1.24. The molecule has 1 rings (SSSR count). The van der Waals surface area contributed by atoms with Crippen LogP contribution < -0.4 is 0 Å². The molecule has 1 atom stereocenters. The molecular formula is C7H3ClFNOS. The van der Waals surface area contributed by atoms with Gasteiger partial charge in [0.05, 0.1) is 10.5 Å². The molecule has 0 saturated heterocycles. The molecule has 2 nitrogen and oxygen atoms in total. The Balaban J connectivity index is 3.25. The SMILES string of the molecule is N#Cc1cc(S(=O)Cl)ccc1F. The zero-order chi connectivity index (χ0) is 9.14. The molecule has 0 spiro atoms. The van der Waals surface area contributed by atoms with E-state index in [4.69, 9.17) is 15.9 Å². The predicted octanol–water partition coefficient (Wildman–Crippen LogP) is 1.96. The van der Waals surface area contributed by atoms with Crippen LogP contribution in [0, 0.1) is 17.1 Å². The molecular weight excluding hydrogens is 201 g/mol. The zero-order valence-corrected chi connectivity index (χ0v) is 7.32. The highest BCUT2D eigenvalue weighted by Crippen LogP contribution is 2.14. The fourth-order valence-corrected chi connectivity index (χ4v) is 1.36. The molecule has 5 heteroatoms. The van der Waals surface area contributed by atoms with E-state index >= 15 is 0 Å². The summed E-state index contributed by atoms with van der Waals surface area (Å²) in [6.45, 7) is 0. The van der Waals surface area contributed by atoms with Gasteiger partial charge in [-0.2, -0.15) is 5.26 Å². The second kappa shape index (κ2) is 3.65. The summed E-state index contributed by atoms with van der Waals surface area (Å²) in [6, 6.07) is 5.13. The molecule has 0 aromatic heterocycles. The average Bonchev–Trinajstić information content (AvgIpc) is 2.05. The summed E-state index contributed by atoms with van der Waals surface area (Å²) in [5, 5.41) is 8.39. The summed E-state index contributed by atoms with van der Waals surface area (Å²) in [4.78, 5) is 0.231. The fraction of sp³-hybridized carbons (Fsp3) is 0. The van der Waals surface area contributed by atoms with E-state index < -0.39 is 15.8 Å². The van der Waals surface area contributed by atoms with Crippen LogP contribution in [0.3, 0.4) is 0 Å². The van der Waals surface area contributed by atoms with Crippen molar-refractivity contribution in [3.8, 4) is 6.07 Å². The second-order valence-corrected chi connectivity index (χ2v) is 3.74. The van der Waals surface area contributed by atoms with Gasteiger partial charge in [-0.1, -0.05) is 0 Å². The van der Waals surface area contributed by atoms with Crippen molar-refractivity contribution in [3.05, 3.63) is 29.6 Å². The van der Waals surface area contributed by atoms with Gasteiger partial charge in [-0.15, -0.1) is 0 Å². The van der Waals surface area contributed by atoms with E-state index in [1.807, 2.05) is 0 Å². The van der Waals surface area contributed by atoms with Crippen molar-refractivity contribution >= 4 is 20.7 Å². The number of hydrogen-bond acceptors (Lipinski definition) is 2. The first-order valence-electron chi connectivity index (χ1n) is 2.93. The van der Waals surface area contributed by atoms with Crippen molar-refractivity contribution in [3.63, 3.8) is 0 Å². The molecule has 0 aliphatic rings. The topological polar surface area (TPSA) is 40.9 Å². The van der Waals surface area contributed by atoms with Gasteiger partial charge in [-0.05, 0) is 28.9 Å². The molecule has 0 fully saturated rings. The molecule has 0 radical (unpaired) electrons. The summed E-state index contributed by atoms with van der Waals surface area (Å²) < 4.78 is 23.3. The lowest BCUT2D eigenvalue weighted by atomic mass is 10.2. The highest BCUT2D eigenvalue weighted by Gasteiger charge is 2.05. The van der Waals surface area contributed by atoms with Crippen molar-refractivity contribution in [1.29, 1.82) is 5.26 Å². The summed E-state index contributed by atoms with van der Waals surface area (Å²) in [5.41, 5.74) is -0.151. The summed E-state index contributed by atoms with van der Waals surface area (Å²) >= 11 is 0. The highest BCUT2D eigenvalue weighted by atomic mass is 35.7. The van der Waals surface area contributed by atoms with Crippen LogP contribution in [-0.2, 0) is 10.0 Å². The summed E-state index contributed by atoms with van der Waals surface area (Å²) in [5.74, 6) is -0.636. The van der Waals surface area contributed by atoms with E-state index in [9.17, 15) is 8.60 Å². The predicted molar refractivity (Wildman–Crippen MR) is 43.4 cm³/mol. The van der Waals surface area contributed by atoms with Gasteiger partial charge in [0.15, 0.2) is 0 Å². The molecule has 0 N–H and O–H groups in total. The first-order valence-corrected chi connectivity index (χ1v) is 4.90.